The normalized spacial score (nSPS) is 14.1. The molecule has 0 amide bonds. The molecule has 0 unspecified atom stereocenters. The fourth-order valence-electron chi connectivity index (χ4n) is 3.94. The molecule has 0 aliphatic carbocycles. The smallest absolute Gasteiger partial charge is 0.138 e. The van der Waals surface area contributed by atoms with Crippen LogP contribution < -0.4 is 4.74 Å². The van der Waals surface area contributed by atoms with E-state index in [9.17, 15) is 0 Å². The van der Waals surface area contributed by atoms with Crippen molar-refractivity contribution in [1.82, 2.24) is 4.90 Å². The van der Waals surface area contributed by atoms with Crippen LogP contribution in [0, 0.1) is 0 Å². The SMILES string of the molecule is c1ccc(COc2ccc3c4c(oc3c2)CN(Cc2ccccc2)CC4)cc1. The van der Waals surface area contributed by atoms with Crippen LogP contribution in [0.1, 0.15) is 22.5 Å². The Morgan fingerprint density at radius 3 is 2.39 bits per heavy atom. The first-order valence-corrected chi connectivity index (χ1v) is 9.82. The van der Waals surface area contributed by atoms with E-state index in [0.29, 0.717) is 6.61 Å². The molecule has 0 radical (unpaired) electrons. The van der Waals surface area contributed by atoms with Crippen molar-refractivity contribution in [2.75, 3.05) is 6.54 Å². The molecule has 3 aromatic carbocycles. The summed E-state index contributed by atoms with van der Waals surface area (Å²) in [6.45, 7) is 3.45. The highest BCUT2D eigenvalue weighted by molar-refractivity contribution is 5.83. The number of hydrogen-bond acceptors (Lipinski definition) is 3. The molecule has 140 valence electrons. The van der Waals surface area contributed by atoms with E-state index in [0.717, 1.165) is 48.7 Å². The van der Waals surface area contributed by atoms with Crippen LogP contribution in [0.2, 0.25) is 0 Å². The van der Waals surface area contributed by atoms with Crippen molar-refractivity contribution >= 4 is 11.0 Å². The van der Waals surface area contributed by atoms with E-state index < -0.39 is 0 Å². The molecule has 5 rings (SSSR count). The monoisotopic (exact) mass is 369 g/mol. The maximum absolute atomic E-state index is 6.23. The van der Waals surface area contributed by atoms with Crippen molar-refractivity contribution in [3.8, 4) is 5.75 Å². The van der Waals surface area contributed by atoms with Crippen LogP contribution in [-0.4, -0.2) is 11.4 Å². The first kappa shape index (κ1) is 17.1. The van der Waals surface area contributed by atoms with Gasteiger partial charge in [-0.2, -0.15) is 0 Å². The van der Waals surface area contributed by atoms with Gasteiger partial charge in [-0.3, -0.25) is 4.90 Å². The number of ether oxygens (including phenoxy) is 1. The molecule has 4 aromatic rings. The second kappa shape index (κ2) is 7.53. The van der Waals surface area contributed by atoms with Crippen LogP contribution in [0.15, 0.2) is 83.3 Å². The van der Waals surface area contributed by atoms with E-state index in [1.54, 1.807) is 0 Å². The molecule has 3 heteroatoms. The van der Waals surface area contributed by atoms with Crippen molar-refractivity contribution in [3.63, 3.8) is 0 Å². The first-order chi connectivity index (χ1) is 13.8. The molecule has 0 N–H and O–H groups in total. The summed E-state index contributed by atoms with van der Waals surface area (Å²) in [5, 5.41) is 1.22. The van der Waals surface area contributed by atoms with Crippen LogP contribution >= 0.6 is 0 Å². The molecule has 1 aliphatic heterocycles. The minimum Gasteiger partial charge on any atom is -0.489 e. The molecule has 1 aromatic heterocycles. The van der Waals surface area contributed by atoms with Gasteiger partial charge in [0.15, 0.2) is 0 Å². The van der Waals surface area contributed by atoms with E-state index >= 15 is 0 Å². The van der Waals surface area contributed by atoms with Crippen molar-refractivity contribution in [3.05, 3.63) is 101 Å². The number of furan rings is 1. The molecular weight excluding hydrogens is 346 g/mol. The summed E-state index contributed by atoms with van der Waals surface area (Å²) in [5.41, 5.74) is 4.79. The molecule has 0 spiro atoms. The number of hydrogen-bond donors (Lipinski definition) is 0. The predicted octanol–water partition coefficient (Wildman–Crippen LogP) is 5.57. The van der Waals surface area contributed by atoms with Gasteiger partial charge in [0.1, 0.15) is 23.7 Å². The summed E-state index contributed by atoms with van der Waals surface area (Å²) in [4.78, 5) is 2.45. The molecule has 0 atom stereocenters. The van der Waals surface area contributed by atoms with Gasteiger partial charge in [0, 0.05) is 30.1 Å². The zero-order chi connectivity index (χ0) is 18.8. The lowest BCUT2D eigenvalue weighted by Gasteiger charge is -2.25. The Kier molecular flexibility index (Phi) is 4.59. The lowest BCUT2D eigenvalue weighted by atomic mass is 10.0. The summed E-state index contributed by atoms with van der Waals surface area (Å²) in [5.74, 6) is 1.95. The van der Waals surface area contributed by atoms with Crippen LogP contribution in [-0.2, 0) is 26.1 Å². The number of fused-ring (bicyclic) bond motifs is 3. The van der Waals surface area contributed by atoms with Gasteiger partial charge in [-0.25, -0.2) is 0 Å². The summed E-state index contributed by atoms with van der Waals surface area (Å²) < 4.78 is 12.2. The molecule has 2 heterocycles. The van der Waals surface area contributed by atoms with Gasteiger partial charge < -0.3 is 9.15 Å². The molecule has 0 saturated carbocycles. The van der Waals surface area contributed by atoms with E-state index in [2.05, 4.69) is 59.5 Å². The summed E-state index contributed by atoms with van der Waals surface area (Å²) in [6, 6.07) is 27.1. The Bertz CT molecular complexity index is 1070. The third-order valence-corrected chi connectivity index (χ3v) is 5.39. The van der Waals surface area contributed by atoms with E-state index in [1.165, 1.54) is 16.5 Å². The molecule has 0 bridgehead atoms. The number of nitrogens with zero attached hydrogens (tertiary/aromatic N) is 1. The van der Waals surface area contributed by atoms with E-state index in [4.69, 9.17) is 9.15 Å². The largest absolute Gasteiger partial charge is 0.489 e. The fourth-order valence-corrected chi connectivity index (χ4v) is 3.94. The van der Waals surface area contributed by atoms with Gasteiger partial charge >= 0.3 is 0 Å². The maximum atomic E-state index is 6.23. The molecule has 3 nitrogen and oxygen atoms in total. The predicted molar refractivity (Wildman–Crippen MR) is 111 cm³/mol. The zero-order valence-electron chi connectivity index (χ0n) is 15.8. The number of benzene rings is 3. The summed E-state index contributed by atoms with van der Waals surface area (Å²) in [7, 11) is 0. The van der Waals surface area contributed by atoms with Crippen molar-refractivity contribution in [2.45, 2.75) is 26.1 Å². The average Bonchev–Trinajstić information content (AvgIpc) is 3.10. The van der Waals surface area contributed by atoms with Crippen molar-refractivity contribution < 1.29 is 9.15 Å². The standard InChI is InChI=1S/C25H23NO2/c1-3-7-19(8-4-1)16-26-14-13-23-22-12-11-21(15-24(22)28-25(23)17-26)27-18-20-9-5-2-6-10-20/h1-12,15H,13-14,16-18H2. The van der Waals surface area contributed by atoms with Gasteiger partial charge in [0.2, 0.25) is 0 Å². The Balaban J connectivity index is 1.32. The maximum Gasteiger partial charge on any atom is 0.138 e. The van der Waals surface area contributed by atoms with E-state index in [1.807, 2.05) is 24.3 Å². The molecule has 28 heavy (non-hydrogen) atoms. The minimum atomic E-state index is 0.567. The van der Waals surface area contributed by atoms with Crippen molar-refractivity contribution in [1.29, 1.82) is 0 Å². The molecule has 0 saturated heterocycles. The third kappa shape index (κ3) is 3.54. The topological polar surface area (TPSA) is 25.6 Å². The van der Waals surface area contributed by atoms with E-state index in [-0.39, 0.29) is 0 Å². The lowest BCUT2D eigenvalue weighted by Crippen LogP contribution is -2.29. The average molecular weight is 369 g/mol. The van der Waals surface area contributed by atoms with Gasteiger partial charge in [-0.15, -0.1) is 0 Å². The highest BCUT2D eigenvalue weighted by Crippen LogP contribution is 2.33. The van der Waals surface area contributed by atoms with Gasteiger partial charge in [0.05, 0.1) is 6.54 Å². The second-order valence-electron chi connectivity index (χ2n) is 7.38. The first-order valence-electron chi connectivity index (χ1n) is 9.82. The Hall–Kier alpha value is -3.04. The fraction of sp³-hybridized carbons (Fsp3) is 0.200. The van der Waals surface area contributed by atoms with Crippen LogP contribution in [0.25, 0.3) is 11.0 Å². The van der Waals surface area contributed by atoms with Crippen molar-refractivity contribution in [2.24, 2.45) is 0 Å². The van der Waals surface area contributed by atoms with Gasteiger partial charge in [-0.05, 0) is 29.7 Å². The summed E-state index contributed by atoms with van der Waals surface area (Å²) in [6.07, 6.45) is 1.03. The van der Waals surface area contributed by atoms with Crippen LogP contribution in [0.3, 0.4) is 0 Å². The Morgan fingerprint density at radius 1 is 0.857 bits per heavy atom. The molecular formula is C25H23NO2. The highest BCUT2D eigenvalue weighted by atomic mass is 16.5. The third-order valence-electron chi connectivity index (χ3n) is 5.39. The van der Waals surface area contributed by atoms with Crippen LogP contribution in [0.5, 0.6) is 5.75 Å². The minimum absolute atomic E-state index is 0.567. The zero-order valence-corrected chi connectivity index (χ0v) is 15.8. The Labute approximate surface area is 165 Å². The van der Waals surface area contributed by atoms with Crippen LogP contribution in [0.4, 0.5) is 0 Å². The molecule has 0 fully saturated rings. The quantitative estimate of drug-likeness (QED) is 0.460. The Morgan fingerprint density at radius 2 is 1.61 bits per heavy atom. The lowest BCUT2D eigenvalue weighted by molar-refractivity contribution is 0.223. The highest BCUT2D eigenvalue weighted by Gasteiger charge is 2.22. The van der Waals surface area contributed by atoms with Gasteiger partial charge in [-0.1, -0.05) is 60.7 Å². The van der Waals surface area contributed by atoms with Gasteiger partial charge in [0.25, 0.3) is 0 Å². The second-order valence-corrected chi connectivity index (χ2v) is 7.38. The number of rotatable bonds is 5. The molecule has 1 aliphatic rings. The summed E-state index contributed by atoms with van der Waals surface area (Å²) >= 11 is 0.